The number of methoxy groups -OCH3 is 1. The molecule has 0 spiro atoms. The molecule has 1 fully saturated rings. The maximum atomic E-state index is 12.2. The quantitative estimate of drug-likeness (QED) is 0.760. The minimum Gasteiger partial charge on any atom is -0.497 e. The number of ether oxygens (including phenoxy) is 2. The Bertz CT molecular complexity index is 739. The molecule has 1 amide bonds. The van der Waals surface area contributed by atoms with E-state index in [4.69, 9.17) is 9.47 Å². The lowest BCUT2D eigenvalue weighted by Gasteiger charge is -2.34. The fourth-order valence-electron chi connectivity index (χ4n) is 3.18. The predicted octanol–water partition coefficient (Wildman–Crippen LogP) is 2.64. The minimum absolute atomic E-state index is 0.0418. The van der Waals surface area contributed by atoms with Gasteiger partial charge in [-0.1, -0.05) is 17.7 Å². The van der Waals surface area contributed by atoms with E-state index in [0.717, 1.165) is 49.9 Å². The molecule has 1 N–H and O–H groups in total. The van der Waals surface area contributed by atoms with Crippen molar-refractivity contribution in [2.75, 3.05) is 58.3 Å². The van der Waals surface area contributed by atoms with Gasteiger partial charge in [-0.05, 0) is 43.3 Å². The van der Waals surface area contributed by atoms with Crippen LogP contribution in [0.15, 0.2) is 48.5 Å². The molecule has 0 bridgehead atoms. The molecule has 0 saturated carbocycles. The van der Waals surface area contributed by atoms with E-state index in [-0.39, 0.29) is 5.91 Å². The number of amides is 1. The Kier molecular flexibility index (Phi) is 7.28. The van der Waals surface area contributed by atoms with Gasteiger partial charge < -0.3 is 14.8 Å². The van der Waals surface area contributed by atoms with E-state index in [1.165, 1.54) is 5.56 Å². The van der Waals surface area contributed by atoms with Crippen LogP contribution in [0.3, 0.4) is 0 Å². The van der Waals surface area contributed by atoms with Gasteiger partial charge in [-0.3, -0.25) is 14.6 Å². The first kappa shape index (κ1) is 20.2. The Hall–Kier alpha value is -2.57. The number of hydrogen-bond acceptors (Lipinski definition) is 5. The number of rotatable bonds is 8. The maximum Gasteiger partial charge on any atom is 0.238 e. The number of carbonyl (C=O) groups excluding carboxylic acids is 1. The zero-order valence-electron chi connectivity index (χ0n) is 16.7. The van der Waals surface area contributed by atoms with E-state index in [1.807, 2.05) is 55.5 Å². The van der Waals surface area contributed by atoms with Gasteiger partial charge in [0, 0.05) is 38.4 Å². The number of hydrogen-bond donors (Lipinski definition) is 1. The number of anilines is 1. The Morgan fingerprint density at radius 2 is 1.54 bits per heavy atom. The third-order valence-electron chi connectivity index (χ3n) is 4.90. The van der Waals surface area contributed by atoms with Crippen molar-refractivity contribution in [2.45, 2.75) is 6.92 Å². The number of nitrogens with one attached hydrogen (secondary N) is 1. The molecule has 1 aliphatic rings. The van der Waals surface area contributed by atoms with Crippen LogP contribution in [-0.2, 0) is 4.79 Å². The summed E-state index contributed by atoms with van der Waals surface area (Å²) in [7, 11) is 1.65. The topological polar surface area (TPSA) is 54.0 Å². The third-order valence-corrected chi connectivity index (χ3v) is 4.90. The van der Waals surface area contributed by atoms with E-state index in [1.54, 1.807) is 7.11 Å². The van der Waals surface area contributed by atoms with E-state index >= 15 is 0 Å². The molecule has 0 atom stereocenters. The van der Waals surface area contributed by atoms with Crippen LogP contribution in [0.1, 0.15) is 5.56 Å². The molecule has 1 saturated heterocycles. The van der Waals surface area contributed by atoms with Crippen LogP contribution in [0.2, 0.25) is 0 Å². The van der Waals surface area contributed by atoms with Gasteiger partial charge in [0.05, 0.1) is 13.7 Å². The summed E-state index contributed by atoms with van der Waals surface area (Å²) in [5, 5.41) is 2.97. The van der Waals surface area contributed by atoms with Crippen molar-refractivity contribution in [1.82, 2.24) is 9.80 Å². The van der Waals surface area contributed by atoms with Gasteiger partial charge in [-0.15, -0.1) is 0 Å². The van der Waals surface area contributed by atoms with Gasteiger partial charge in [0.2, 0.25) is 5.91 Å². The highest BCUT2D eigenvalue weighted by Gasteiger charge is 2.18. The molecule has 1 heterocycles. The molecule has 6 nitrogen and oxygen atoms in total. The van der Waals surface area contributed by atoms with Gasteiger partial charge in [-0.25, -0.2) is 0 Å². The van der Waals surface area contributed by atoms with E-state index in [2.05, 4.69) is 15.1 Å². The van der Waals surface area contributed by atoms with Crippen molar-refractivity contribution >= 4 is 11.6 Å². The van der Waals surface area contributed by atoms with Crippen LogP contribution in [0.4, 0.5) is 5.69 Å². The lowest BCUT2D eigenvalue weighted by Crippen LogP contribution is -2.49. The SMILES string of the molecule is COc1ccc(OCCN2CCN(CC(=O)Nc3ccc(C)cc3)CC2)cc1. The van der Waals surface area contributed by atoms with E-state index < -0.39 is 0 Å². The van der Waals surface area contributed by atoms with Crippen LogP contribution < -0.4 is 14.8 Å². The molecule has 0 aliphatic carbocycles. The van der Waals surface area contributed by atoms with Crippen LogP contribution in [0, 0.1) is 6.92 Å². The number of piperazine rings is 1. The summed E-state index contributed by atoms with van der Waals surface area (Å²) in [6.07, 6.45) is 0. The summed E-state index contributed by atoms with van der Waals surface area (Å²) in [5.74, 6) is 1.72. The van der Waals surface area contributed by atoms with Gasteiger partial charge >= 0.3 is 0 Å². The summed E-state index contributed by atoms with van der Waals surface area (Å²) in [6, 6.07) is 15.5. The molecule has 6 heteroatoms. The summed E-state index contributed by atoms with van der Waals surface area (Å²) < 4.78 is 10.9. The number of aryl methyl sites for hydroxylation is 1. The summed E-state index contributed by atoms with van der Waals surface area (Å²) in [5.41, 5.74) is 2.04. The van der Waals surface area contributed by atoms with Crippen molar-refractivity contribution in [3.63, 3.8) is 0 Å². The lowest BCUT2D eigenvalue weighted by atomic mass is 10.2. The second-order valence-electron chi connectivity index (χ2n) is 7.06. The van der Waals surface area contributed by atoms with Crippen molar-refractivity contribution in [2.24, 2.45) is 0 Å². The van der Waals surface area contributed by atoms with E-state index in [0.29, 0.717) is 13.2 Å². The largest absolute Gasteiger partial charge is 0.497 e. The highest BCUT2D eigenvalue weighted by atomic mass is 16.5. The third kappa shape index (κ3) is 6.25. The minimum atomic E-state index is 0.0418. The van der Waals surface area contributed by atoms with Crippen molar-refractivity contribution in [1.29, 1.82) is 0 Å². The molecule has 0 unspecified atom stereocenters. The first-order chi connectivity index (χ1) is 13.6. The Morgan fingerprint density at radius 1 is 0.929 bits per heavy atom. The highest BCUT2D eigenvalue weighted by molar-refractivity contribution is 5.92. The normalized spacial score (nSPS) is 15.2. The van der Waals surface area contributed by atoms with Crippen LogP contribution >= 0.6 is 0 Å². The Balaban J connectivity index is 1.32. The zero-order chi connectivity index (χ0) is 19.8. The molecular formula is C22H29N3O3. The maximum absolute atomic E-state index is 12.2. The fourth-order valence-corrected chi connectivity index (χ4v) is 3.18. The molecule has 0 radical (unpaired) electrons. The molecule has 28 heavy (non-hydrogen) atoms. The molecule has 2 aromatic carbocycles. The monoisotopic (exact) mass is 383 g/mol. The summed E-state index contributed by atoms with van der Waals surface area (Å²) in [4.78, 5) is 16.8. The smallest absolute Gasteiger partial charge is 0.238 e. The lowest BCUT2D eigenvalue weighted by molar-refractivity contribution is -0.117. The molecule has 2 aromatic rings. The van der Waals surface area contributed by atoms with Gasteiger partial charge in [0.1, 0.15) is 18.1 Å². The number of carbonyl (C=O) groups is 1. The second-order valence-corrected chi connectivity index (χ2v) is 7.06. The number of nitrogens with zero attached hydrogens (tertiary/aromatic N) is 2. The zero-order valence-corrected chi connectivity index (χ0v) is 16.7. The van der Waals surface area contributed by atoms with Crippen LogP contribution in [-0.4, -0.2) is 68.7 Å². The summed E-state index contributed by atoms with van der Waals surface area (Å²) in [6.45, 7) is 7.69. The van der Waals surface area contributed by atoms with E-state index in [9.17, 15) is 4.79 Å². The number of benzene rings is 2. The van der Waals surface area contributed by atoms with Crippen molar-refractivity contribution in [3.8, 4) is 11.5 Å². The first-order valence-electron chi connectivity index (χ1n) is 9.70. The van der Waals surface area contributed by atoms with Crippen molar-refractivity contribution in [3.05, 3.63) is 54.1 Å². The van der Waals surface area contributed by atoms with Gasteiger partial charge in [0.25, 0.3) is 0 Å². The van der Waals surface area contributed by atoms with Crippen LogP contribution in [0.25, 0.3) is 0 Å². The molecule has 150 valence electrons. The second kappa shape index (κ2) is 10.1. The highest BCUT2D eigenvalue weighted by Crippen LogP contribution is 2.17. The standard InChI is InChI=1S/C22H29N3O3/c1-18-3-5-19(6-4-18)23-22(26)17-25-13-11-24(12-14-25)15-16-28-21-9-7-20(27-2)8-10-21/h3-10H,11-17H2,1-2H3,(H,23,26). The van der Waals surface area contributed by atoms with Crippen LogP contribution in [0.5, 0.6) is 11.5 Å². The predicted molar refractivity (Wildman–Crippen MR) is 111 cm³/mol. The molecular weight excluding hydrogens is 354 g/mol. The summed E-state index contributed by atoms with van der Waals surface area (Å²) >= 11 is 0. The average Bonchev–Trinajstić information content (AvgIpc) is 2.71. The van der Waals surface area contributed by atoms with Crippen molar-refractivity contribution < 1.29 is 14.3 Å². The molecule has 0 aromatic heterocycles. The van der Waals surface area contributed by atoms with Gasteiger partial charge in [0.15, 0.2) is 0 Å². The fraction of sp³-hybridized carbons (Fsp3) is 0.409. The Morgan fingerprint density at radius 3 is 2.18 bits per heavy atom. The average molecular weight is 383 g/mol. The molecule has 3 rings (SSSR count). The molecule has 1 aliphatic heterocycles. The Labute approximate surface area is 167 Å². The first-order valence-corrected chi connectivity index (χ1v) is 9.70. The van der Waals surface area contributed by atoms with Gasteiger partial charge in [-0.2, -0.15) is 0 Å².